The highest BCUT2D eigenvalue weighted by Gasteiger charge is 2.26. The van der Waals surface area contributed by atoms with E-state index in [4.69, 9.17) is 4.74 Å². The number of carbonyl (C=O) groups excluding carboxylic acids is 1. The van der Waals surface area contributed by atoms with Gasteiger partial charge in [-0.3, -0.25) is 9.59 Å². The number of para-hydroxylation sites is 1. The Bertz CT molecular complexity index is 1030. The van der Waals surface area contributed by atoms with Gasteiger partial charge in [-0.2, -0.15) is 0 Å². The number of aromatic nitrogens is 3. The van der Waals surface area contributed by atoms with Gasteiger partial charge in [0.1, 0.15) is 0 Å². The van der Waals surface area contributed by atoms with E-state index in [-0.39, 0.29) is 11.5 Å². The Hall–Kier alpha value is -3.22. The molecule has 1 amide bonds. The number of nitrogens with one attached hydrogen (secondary N) is 1. The van der Waals surface area contributed by atoms with Crippen LogP contribution in [0.5, 0.6) is 5.88 Å². The number of amides is 1. The largest absolute Gasteiger partial charge is 0.481 e. The zero-order valence-corrected chi connectivity index (χ0v) is 13.7. The molecule has 0 aliphatic carbocycles. The number of H-pyrrole nitrogens is 1. The van der Waals surface area contributed by atoms with Crippen molar-refractivity contribution < 1.29 is 9.53 Å². The number of pyridine rings is 1. The predicted molar refractivity (Wildman–Crippen MR) is 91.6 cm³/mol. The second-order valence-electron chi connectivity index (χ2n) is 5.86. The summed E-state index contributed by atoms with van der Waals surface area (Å²) in [6.07, 6.45) is 1.87. The summed E-state index contributed by atoms with van der Waals surface area (Å²) in [7, 11) is 1.53. The minimum Gasteiger partial charge on any atom is -0.481 e. The van der Waals surface area contributed by atoms with Gasteiger partial charge in [0.05, 0.1) is 36.8 Å². The van der Waals surface area contributed by atoms with Crippen LogP contribution in [0.4, 0.5) is 0 Å². The van der Waals surface area contributed by atoms with Gasteiger partial charge < -0.3 is 14.6 Å². The standard InChI is InChI=1S/C18H16N4O3/c1-25-16-8-13(11-4-2-3-5-14(11)21-16)18(24)22-7-6-12-15(9-22)19-10-20-17(12)23/h2-5,8,10H,6-7,9H2,1H3,(H,19,20,23). The first-order chi connectivity index (χ1) is 12.2. The van der Waals surface area contributed by atoms with Gasteiger partial charge in [-0.1, -0.05) is 18.2 Å². The maximum absolute atomic E-state index is 13.1. The molecule has 126 valence electrons. The Morgan fingerprint density at radius 3 is 3.00 bits per heavy atom. The molecule has 0 unspecified atom stereocenters. The van der Waals surface area contributed by atoms with Crippen LogP contribution in [0.1, 0.15) is 21.6 Å². The zero-order chi connectivity index (χ0) is 17.4. The summed E-state index contributed by atoms with van der Waals surface area (Å²) in [4.78, 5) is 37.8. The number of nitrogens with zero attached hydrogens (tertiary/aromatic N) is 3. The van der Waals surface area contributed by atoms with E-state index < -0.39 is 0 Å². The Labute approximate surface area is 143 Å². The Kier molecular flexibility index (Phi) is 3.68. The Morgan fingerprint density at radius 1 is 1.32 bits per heavy atom. The molecule has 1 aliphatic rings. The molecule has 7 heteroatoms. The summed E-state index contributed by atoms with van der Waals surface area (Å²) < 4.78 is 5.23. The smallest absolute Gasteiger partial charge is 0.255 e. The Balaban J connectivity index is 1.75. The van der Waals surface area contributed by atoms with Gasteiger partial charge in [0.25, 0.3) is 11.5 Å². The van der Waals surface area contributed by atoms with Gasteiger partial charge in [0.15, 0.2) is 0 Å². The van der Waals surface area contributed by atoms with Crippen molar-refractivity contribution in [2.75, 3.05) is 13.7 Å². The van der Waals surface area contributed by atoms with Crippen LogP contribution in [-0.4, -0.2) is 39.4 Å². The molecule has 0 fully saturated rings. The van der Waals surface area contributed by atoms with Gasteiger partial charge in [-0.15, -0.1) is 0 Å². The number of aromatic amines is 1. The zero-order valence-electron chi connectivity index (χ0n) is 13.7. The molecular weight excluding hydrogens is 320 g/mol. The van der Waals surface area contributed by atoms with Gasteiger partial charge in [0.2, 0.25) is 5.88 Å². The van der Waals surface area contributed by atoms with Gasteiger partial charge in [-0.05, 0) is 12.5 Å². The third-order valence-electron chi connectivity index (χ3n) is 4.43. The quantitative estimate of drug-likeness (QED) is 0.767. The summed E-state index contributed by atoms with van der Waals surface area (Å²) in [5, 5.41) is 0.776. The highest BCUT2D eigenvalue weighted by molar-refractivity contribution is 6.06. The first-order valence-corrected chi connectivity index (χ1v) is 7.96. The fourth-order valence-corrected chi connectivity index (χ4v) is 3.14. The third kappa shape index (κ3) is 2.63. The number of hydrogen-bond donors (Lipinski definition) is 1. The molecule has 3 aromatic rings. The van der Waals surface area contributed by atoms with Crippen LogP contribution in [0.15, 0.2) is 41.5 Å². The van der Waals surface area contributed by atoms with Crippen molar-refractivity contribution in [1.29, 1.82) is 0 Å². The summed E-state index contributed by atoms with van der Waals surface area (Å²) in [6.45, 7) is 0.788. The van der Waals surface area contributed by atoms with Crippen LogP contribution < -0.4 is 10.3 Å². The molecule has 0 atom stereocenters. The summed E-state index contributed by atoms with van der Waals surface area (Å²) in [6, 6.07) is 9.12. The van der Waals surface area contributed by atoms with Gasteiger partial charge >= 0.3 is 0 Å². The van der Waals surface area contributed by atoms with Crippen LogP contribution in [0.25, 0.3) is 10.9 Å². The van der Waals surface area contributed by atoms with Crippen LogP contribution in [0.3, 0.4) is 0 Å². The third-order valence-corrected chi connectivity index (χ3v) is 4.43. The molecule has 0 radical (unpaired) electrons. The topological polar surface area (TPSA) is 88.2 Å². The van der Waals surface area contributed by atoms with Crippen molar-refractivity contribution >= 4 is 16.8 Å². The number of rotatable bonds is 2. The molecule has 3 heterocycles. The molecular formula is C18H16N4O3. The van der Waals surface area contributed by atoms with Crippen molar-refractivity contribution in [3.05, 3.63) is 63.8 Å². The molecule has 2 aromatic heterocycles. The van der Waals surface area contributed by atoms with E-state index in [2.05, 4.69) is 15.0 Å². The lowest BCUT2D eigenvalue weighted by Crippen LogP contribution is -2.39. The number of methoxy groups -OCH3 is 1. The first-order valence-electron chi connectivity index (χ1n) is 7.96. The van der Waals surface area contributed by atoms with E-state index in [0.29, 0.717) is 47.7 Å². The Morgan fingerprint density at radius 2 is 2.16 bits per heavy atom. The first kappa shape index (κ1) is 15.3. The second-order valence-corrected chi connectivity index (χ2v) is 5.86. The second kappa shape index (κ2) is 6.01. The van der Waals surface area contributed by atoms with E-state index in [1.165, 1.54) is 13.4 Å². The maximum atomic E-state index is 13.1. The van der Waals surface area contributed by atoms with Crippen molar-refractivity contribution in [2.45, 2.75) is 13.0 Å². The SMILES string of the molecule is COc1cc(C(=O)N2CCc3c(nc[nH]c3=O)C2)c2ccccc2n1. The number of carbonyl (C=O) groups is 1. The van der Waals surface area contributed by atoms with E-state index in [9.17, 15) is 9.59 Å². The van der Waals surface area contributed by atoms with E-state index in [1.807, 2.05) is 24.3 Å². The average molecular weight is 336 g/mol. The molecule has 1 N–H and O–H groups in total. The fraction of sp³-hybridized carbons (Fsp3) is 0.222. The molecule has 0 saturated heterocycles. The summed E-state index contributed by atoms with van der Waals surface area (Å²) in [5.74, 6) is 0.277. The number of hydrogen-bond acceptors (Lipinski definition) is 5. The van der Waals surface area contributed by atoms with Crippen molar-refractivity contribution in [3.63, 3.8) is 0 Å². The maximum Gasteiger partial charge on any atom is 0.255 e. The van der Waals surface area contributed by atoms with Crippen LogP contribution in [-0.2, 0) is 13.0 Å². The van der Waals surface area contributed by atoms with Crippen molar-refractivity contribution in [3.8, 4) is 5.88 Å². The van der Waals surface area contributed by atoms with E-state index in [1.54, 1.807) is 11.0 Å². The normalized spacial score (nSPS) is 13.6. The van der Waals surface area contributed by atoms with Crippen LogP contribution in [0, 0.1) is 0 Å². The molecule has 1 aromatic carbocycles. The minimum absolute atomic E-state index is 0.121. The average Bonchev–Trinajstić information content (AvgIpc) is 2.66. The lowest BCUT2D eigenvalue weighted by molar-refractivity contribution is 0.0733. The lowest BCUT2D eigenvalue weighted by atomic mass is 10.0. The highest BCUT2D eigenvalue weighted by atomic mass is 16.5. The molecule has 0 spiro atoms. The molecule has 25 heavy (non-hydrogen) atoms. The molecule has 4 rings (SSSR count). The summed E-state index contributed by atoms with van der Waals surface area (Å²) >= 11 is 0. The monoisotopic (exact) mass is 336 g/mol. The minimum atomic E-state index is -0.131. The summed E-state index contributed by atoms with van der Waals surface area (Å²) in [5.41, 5.74) is 2.42. The lowest BCUT2D eigenvalue weighted by Gasteiger charge is -2.28. The fourth-order valence-electron chi connectivity index (χ4n) is 3.14. The van der Waals surface area contributed by atoms with Crippen LogP contribution in [0.2, 0.25) is 0 Å². The van der Waals surface area contributed by atoms with Crippen molar-refractivity contribution in [1.82, 2.24) is 19.9 Å². The van der Waals surface area contributed by atoms with E-state index in [0.717, 1.165) is 5.39 Å². The highest BCUT2D eigenvalue weighted by Crippen LogP contribution is 2.25. The molecule has 0 bridgehead atoms. The number of fused-ring (bicyclic) bond motifs is 2. The van der Waals surface area contributed by atoms with Crippen molar-refractivity contribution in [2.24, 2.45) is 0 Å². The molecule has 0 saturated carbocycles. The van der Waals surface area contributed by atoms with E-state index >= 15 is 0 Å². The number of benzene rings is 1. The molecule has 1 aliphatic heterocycles. The predicted octanol–water partition coefficient (Wildman–Crippen LogP) is 1.53. The number of ether oxygens (including phenoxy) is 1. The molecule has 7 nitrogen and oxygen atoms in total. The van der Waals surface area contributed by atoms with Gasteiger partial charge in [0, 0.05) is 23.6 Å². The van der Waals surface area contributed by atoms with Gasteiger partial charge in [-0.25, -0.2) is 9.97 Å². The van der Waals surface area contributed by atoms with Crippen LogP contribution >= 0.6 is 0 Å².